The minimum Gasteiger partial charge on any atom is -0.326 e. The lowest BCUT2D eigenvalue weighted by Crippen LogP contribution is -2.39. The van der Waals surface area contributed by atoms with Crippen LogP contribution in [0.15, 0.2) is 5.03 Å². The lowest BCUT2D eigenvalue weighted by atomic mass is 9.98. The van der Waals surface area contributed by atoms with E-state index < -0.39 is 10.0 Å². The van der Waals surface area contributed by atoms with E-state index in [-0.39, 0.29) is 17.6 Å². The Hall–Kier alpha value is -0.920. The molecule has 0 bridgehead atoms. The first-order chi connectivity index (χ1) is 9.45. The first kappa shape index (κ1) is 15.5. The maximum atomic E-state index is 12.5. The van der Waals surface area contributed by atoms with Gasteiger partial charge >= 0.3 is 0 Å². The standard InChI is InChI=1S/C13H24N4O2S/c1-9-6-4-3-5-7-12(9)17-20(18,19)13-11(8-14)10(2)15-16-13/h9,12,17H,3-8,14H2,1-2H3,(H,15,16). The van der Waals surface area contributed by atoms with Gasteiger partial charge in [0.15, 0.2) is 5.03 Å². The average Bonchev–Trinajstić information content (AvgIpc) is 2.67. The predicted molar refractivity (Wildman–Crippen MR) is 77.6 cm³/mol. The Labute approximate surface area is 120 Å². The first-order valence-corrected chi connectivity index (χ1v) is 8.70. The Morgan fingerprint density at radius 1 is 1.35 bits per heavy atom. The third-order valence-corrected chi connectivity index (χ3v) is 5.62. The highest BCUT2D eigenvalue weighted by Gasteiger charge is 2.29. The van der Waals surface area contributed by atoms with Crippen molar-refractivity contribution in [1.29, 1.82) is 0 Å². The summed E-state index contributed by atoms with van der Waals surface area (Å²) in [4.78, 5) is 0. The summed E-state index contributed by atoms with van der Waals surface area (Å²) >= 11 is 0. The number of hydrogen-bond acceptors (Lipinski definition) is 4. The van der Waals surface area contributed by atoms with Crippen LogP contribution >= 0.6 is 0 Å². The Bertz CT molecular complexity index is 553. The number of nitrogens with zero attached hydrogens (tertiary/aromatic N) is 1. The molecule has 1 fully saturated rings. The number of nitrogens with two attached hydrogens (primary N) is 1. The molecule has 0 radical (unpaired) electrons. The SMILES string of the molecule is Cc1[nH]nc(S(=O)(=O)NC2CCCCCC2C)c1CN. The summed E-state index contributed by atoms with van der Waals surface area (Å²) in [5.74, 6) is 0.355. The molecule has 1 aliphatic carbocycles. The number of aromatic nitrogens is 2. The van der Waals surface area contributed by atoms with E-state index in [1.165, 1.54) is 12.8 Å². The molecule has 2 unspecified atom stereocenters. The zero-order valence-corrected chi connectivity index (χ0v) is 13.0. The van der Waals surface area contributed by atoms with Gasteiger partial charge in [0.2, 0.25) is 0 Å². The van der Waals surface area contributed by atoms with E-state index >= 15 is 0 Å². The van der Waals surface area contributed by atoms with Crippen molar-refractivity contribution in [1.82, 2.24) is 14.9 Å². The van der Waals surface area contributed by atoms with E-state index in [1.807, 2.05) is 0 Å². The summed E-state index contributed by atoms with van der Waals surface area (Å²) in [6.07, 6.45) is 5.38. The molecule has 6 nitrogen and oxygen atoms in total. The number of rotatable bonds is 4. The van der Waals surface area contributed by atoms with E-state index in [1.54, 1.807) is 6.92 Å². The molecule has 20 heavy (non-hydrogen) atoms. The van der Waals surface area contributed by atoms with Crippen LogP contribution in [0.2, 0.25) is 0 Å². The molecule has 1 heterocycles. The van der Waals surface area contributed by atoms with Crippen LogP contribution in [0.4, 0.5) is 0 Å². The van der Waals surface area contributed by atoms with Crippen molar-refractivity contribution in [3.63, 3.8) is 0 Å². The van der Waals surface area contributed by atoms with Crippen molar-refractivity contribution in [2.24, 2.45) is 11.7 Å². The number of sulfonamides is 1. The van der Waals surface area contributed by atoms with Gasteiger partial charge in [0, 0.05) is 23.8 Å². The zero-order valence-electron chi connectivity index (χ0n) is 12.1. The van der Waals surface area contributed by atoms with Gasteiger partial charge in [0.05, 0.1) is 0 Å². The average molecular weight is 300 g/mol. The minimum atomic E-state index is -3.60. The van der Waals surface area contributed by atoms with E-state index in [9.17, 15) is 8.42 Å². The molecule has 2 atom stereocenters. The first-order valence-electron chi connectivity index (χ1n) is 7.22. The van der Waals surface area contributed by atoms with Gasteiger partial charge in [-0.25, -0.2) is 13.1 Å². The maximum Gasteiger partial charge on any atom is 0.260 e. The monoisotopic (exact) mass is 300 g/mol. The third-order valence-electron chi connectivity index (χ3n) is 4.16. The van der Waals surface area contributed by atoms with Crippen LogP contribution in [0.3, 0.4) is 0 Å². The Balaban J connectivity index is 2.21. The Morgan fingerprint density at radius 3 is 2.75 bits per heavy atom. The number of hydrogen-bond donors (Lipinski definition) is 3. The van der Waals surface area contributed by atoms with Crippen LogP contribution in [-0.2, 0) is 16.6 Å². The predicted octanol–water partition coefficient (Wildman–Crippen LogP) is 1.42. The molecule has 0 aliphatic heterocycles. The molecule has 2 rings (SSSR count). The summed E-state index contributed by atoms with van der Waals surface area (Å²) in [7, 11) is -3.60. The van der Waals surface area contributed by atoms with Crippen LogP contribution in [0, 0.1) is 12.8 Å². The van der Waals surface area contributed by atoms with Gasteiger partial charge in [-0.05, 0) is 25.7 Å². The van der Waals surface area contributed by atoms with Gasteiger partial charge in [0.1, 0.15) is 0 Å². The Kier molecular flexibility index (Phi) is 4.82. The third kappa shape index (κ3) is 3.21. The molecule has 1 aliphatic rings. The summed E-state index contributed by atoms with van der Waals surface area (Å²) < 4.78 is 27.8. The molecular formula is C13H24N4O2S. The highest BCUT2D eigenvalue weighted by atomic mass is 32.2. The molecular weight excluding hydrogens is 276 g/mol. The molecule has 0 aromatic carbocycles. The fraction of sp³-hybridized carbons (Fsp3) is 0.769. The van der Waals surface area contributed by atoms with Crippen molar-refractivity contribution in [3.05, 3.63) is 11.3 Å². The van der Waals surface area contributed by atoms with Gasteiger partial charge < -0.3 is 5.73 Å². The largest absolute Gasteiger partial charge is 0.326 e. The van der Waals surface area contributed by atoms with Gasteiger partial charge in [-0.1, -0.05) is 26.2 Å². The van der Waals surface area contributed by atoms with Gasteiger partial charge in [-0.15, -0.1) is 0 Å². The van der Waals surface area contributed by atoms with Gasteiger partial charge in [0.25, 0.3) is 10.0 Å². The highest BCUT2D eigenvalue weighted by molar-refractivity contribution is 7.89. The minimum absolute atomic E-state index is 0.00914. The van der Waals surface area contributed by atoms with E-state index in [4.69, 9.17) is 5.73 Å². The second kappa shape index (κ2) is 6.24. The second-order valence-electron chi connectivity index (χ2n) is 5.68. The summed E-state index contributed by atoms with van der Waals surface area (Å²) in [6, 6.07) is -0.00914. The molecule has 0 saturated heterocycles. The van der Waals surface area contributed by atoms with E-state index in [0.29, 0.717) is 17.2 Å². The normalized spacial score (nSPS) is 24.6. The van der Waals surface area contributed by atoms with E-state index in [0.717, 1.165) is 19.3 Å². The van der Waals surface area contributed by atoms with Crippen LogP contribution in [0.1, 0.15) is 50.3 Å². The number of nitrogens with one attached hydrogen (secondary N) is 2. The van der Waals surface area contributed by atoms with Gasteiger partial charge in [-0.2, -0.15) is 5.10 Å². The smallest absolute Gasteiger partial charge is 0.260 e. The Morgan fingerprint density at radius 2 is 2.05 bits per heavy atom. The van der Waals surface area contributed by atoms with Crippen molar-refractivity contribution in [2.75, 3.05) is 0 Å². The fourth-order valence-corrected chi connectivity index (χ4v) is 4.40. The molecule has 1 saturated carbocycles. The van der Waals surface area contributed by atoms with E-state index in [2.05, 4.69) is 21.8 Å². The molecule has 0 spiro atoms. The molecule has 4 N–H and O–H groups in total. The maximum absolute atomic E-state index is 12.5. The summed E-state index contributed by atoms with van der Waals surface area (Å²) in [6.45, 7) is 4.05. The van der Waals surface area contributed by atoms with Crippen molar-refractivity contribution >= 4 is 10.0 Å². The molecule has 114 valence electrons. The molecule has 1 aromatic heterocycles. The summed E-state index contributed by atoms with van der Waals surface area (Å²) in [5.41, 5.74) is 6.90. The van der Waals surface area contributed by atoms with Crippen molar-refractivity contribution < 1.29 is 8.42 Å². The van der Waals surface area contributed by atoms with Crippen LogP contribution in [-0.4, -0.2) is 24.7 Å². The van der Waals surface area contributed by atoms with Gasteiger partial charge in [-0.3, -0.25) is 5.10 Å². The molecule has 7 heteroatoms. The highest BCUT2D eigenvalue weighted by Crippen LogP contribution is 2.25. The van der Waals surface area contributed by atoms with Crippen LogP contribution in [0.25, 0.3) is 0 Å². The zero-order chi connectivity index (χ0) is 14.8. The topological polar surface area (TPSA) is 101 Å². The quantitative estimate of drug-likeness (QED) is 0.732. The lowest BCUT2D eigenvalue weighted by molar-refractivity contribution is 0.399. The van der Waals surface area contributed by atoms with Crippen molar-refractivity contribution in [3.8, 4) is 0 Å². The molecule has 0 amide bonds. The van der Waals surface area contributed by atoms with Crippen LogP contribution in [0.5, 0.6) is 0 Å². The number of H-pyrrole nitrogens is 1. The van der Waals surface area contributed by atoms with Crippen LogP contribution < -0.4 is 10.5 Å². The molecule has 1 aromatic rings. The second-order valence-corrected chi connectivity index (χ2v) is 7.31. The lowest BCUT2D eigenvalue weighted by Gasteiger charge is -2.22. The number of aromatic amines is 1. The number of aryl methyl sites for hydroxylation is 1. The fourth-order valence-electron chi connectivity index (χ4n) is 2.82. The summed E-state index contributed by atoms with van der Waals surface area (Å²) in [5, 5.41) is 6.67. The van der Waals surface area contributed by atoms with Crippen molar-refractivity contribution in [2.45, 2.75) is 63.6 Å².